The molecule has 0 spiro atoms. The smallest absolute Gasteiger partial charge is 0.189 e. The average Bonchev–Trinajstić information content (AvgIpc) is 3.15. The van der Waals surface area contributed by atoms with E-state index >= 15 is 0 Å². The molecule has 2 aromatic heterocycles. The van der Waals surface area contributed by atoms with Crippen molar-refractivity contribution in [2.45, 2.75) is 6.04 Å². The molecule has 1 N–H and O–H groups in total. The Hall–Kier alpha value is -2.73. The van der Waals surface area contributed by atoms with Crippen molar-refractivity contribution in [3.63, 3.8) is 0 Å². The van der Waals surface area contributed by atoms with Crippen LogP contribution in [0.1, 0.15) is 10.4 Å². The molecule has 1 atom stereocenters. The number of nitrogens with one attached hydrogen (secondary N) is 1. The van der Waals surface area contributed by atoms with Crippen molar-refractivity contribution in [3.05, 3.63) is 54.6 Å². The molecule has 0 amide bonds. The highest BCUT2D eigenvalue weighted by atomic mass is 16.3. The first-order valence-electron chi connectivity index (χ1n) is 7.59. The van der Waals surface area contributed by atoms with Crippen molar-refractivity contribution in [1.82, 2.24) is 15.5 Å². The first-order valence-corrected chi connectivity index (χ1v) is 7.59. The number of piperazine rings is 1. The molecule has 116 valence electrons. The van der Waals surface area contributed by atoms with E-state index in [9.17, 15) is 4.79 Å². The van der Waals surface area contributed by atoms with Crippen molar-refractivity contribution in [2.24, 2.45) is 0 Å². The first kappa shape index (κ1) is 13.9. The van der Waals surface area contributed by atoms with Gasteiger partial charge in [0.15, 0.2) is 11.6 Å². The van der Waals surface area contributed by atoms with Crippen LogP contribution in [0.4, 0.5) is 5.82 Å². The Morgan fingerprint density at radius 3 is 3.09 bits per heavy atom. The van der Waals surface area contributed by atoms with Crippen LogP contribution in [-0.4, -0.2) is 41.7 Å². The molecule has 3 heterocycles. The molecule has 1 saturated heterocycles. The molecule has 3 aromatic rings. The number of ketones is 1. The zero-order valence-corrected chi connectivity index (χ0v) is 12.5. The summed E-state index contributed by atoms with van der Waals surface area (Å²) < 4.78 is 5.05. The number of Topliss-reactive ketones (excluding diaryl/α,β-unsaturated/α-hetero) is 1. The predicted molar refractivity (Wildman–Crippen MR) is 86.6 cm³/mol. The zero-order chi connectivity index (χ0) is 15.6. The summed E-state index contributed by atoms with van der Waals surface area (Å²) in [7, 11) is 0. The van der Waals surface area contributed by atoms with Crippen LogP contribution < -0.4 is 10.2 Å². The van der Waals surface area contributed by atoms with Gasteiger partial charge in [-0.25, -0.2) is 0 Å². The summed E-state index contributed by atoms with van der Waals surface area (Å²) in [6.07, 6.45) is 4.75. The second-order valence-corrected chi connectivity index (χ2v) is 5.55. The monoisotopic (exact) mass is 308 g/mol. The number of rotatable bonds is 3. The van der Waals surface area contributed by atoms with Gasteiger partial charge in [0, 0.05) is 30.4 Å². The van der Waals surface area contributed by atoms with Gasteiger partial charge in [0.2, 0.25) is 0 Å². The number of furan rings is 1. The quantitative estimate of drug-likeness (QED) is 0.745. The third kappa shape index (κ3) is 2.47. The fourth-order valence-electron chi connectivity index (χ4n) is 3.01. The van der Waals surface area contributed by atoms with Crippen LogP contribution >= 0.6 is 0 Å². The van der Waals surface area contributed by atoms with E-state index in [2.05, 4.69) is 15.5 Å². The highest BCUT2D eigenvalue weighted by Crippen LogP contribution is 2.26. The summed E-state index contributed by atoms with van der Waals surface area (Å²) >= 11 is 0. The van der Waals surface area contributed by atoms with Crippen molar-refractivity contribution in [2.75, 3.05) is 24.5 Å². The van der Waals surface area contributed by atoms with E-state index in [0.29, 0.717) is 18.7 Å². The number of benzene rings is 1. The Labute approximate surface area is 133 Å². The van der Waals surface area contributed by atoms with Crippen LogP contribution in [-0.2, 0) is 0 Å². The summed E-state index contributed by atoms with van der Waals surface area (Å²) in [4.78, 5) is 14.8. The standard InChI is InChI=1S/C17H16N4O2/c22-16(13-5-8-23-11-13)15-10-18-6-7-21(15)17-14-4-2-1-3-12(14)9-19-20-17/h1-5,8-9,11,15,18H,6-7,10H2. The Bertz CT molecular complexity index is 826. The van der Waals surface area contributed by atoms with E-state index in [1.54, 1.807) is 12.3 Å². The summed E-state index contributed by atoms with van der Waals surface area (Å²) in [5.41, 5.74) is 0.580. The van der Waals surface area contributed by atoms with E-state index in [1.807, 2.05) is 29.2 Å². The molecule has 6 nitrogen and oxygen atoms in total. The van der Waals surface area contributed by atoms with Crippen LogP contribution in [0.2, 0.25) is 0 Å². The molecule has 4 rings (SSSR count). The van der Waals surface area contributed by atoms with E-state index in [-0.39, 0.29) is 11.8 Å². The zero-order valence-electron chi connectivity index (χ0n) is 12.5. The summed E-state index contributed by atoms with van der Waals surface area (Å²) in [5, 5.41) is 13.7. The number of hydrogen-bond donors (Lipinski definition) is 1. The van der Waals surface area contributed by atoms with Gasteiger partial charge in [-0.15, -0.1) is 5.10 Å². The molecule has 1 unspecified atom stereocenters. The minimum Gasteiger partial charge on any atom is -0.472 e. The number of fused-ring (bicyclic) bond motifs is 1. The second-order valence-electron chi connectivity index (χ2n) is 5.55. The lowest BCUT2D eigenvalue weighted by Gasteiger charge is -2.36. The van der Waals surface area contributed by atoms with Gasteiger partial charge in [0.05, 0.1) is 18.0 Å². The van der Waals surface area contributed by atoms with Crippen molar-refractivity contribution in [3.8, 4) is 0 Å². The van der Waals surface area contributed by atoms with Crippen LogP contribution in [0.25, 0.3) is 10.8 Å². The van der Waals surface area contributed by atoms with Gasteiger partial charge in [-0.1, -0.05) is 24.3 Å². The average molecular weight is 308 g/mol. The fraction of sp³-hybridized carbons (Fsp3) is 0.235. The molecule has 23 heavy (non-hydrogen) atoms. The SMILES string of the molecule is O=C(c1ccoc1)C1CNCCN1c1nncc2ccccc12. The van der Waals surface area contributed by atoms with Gasteiger partial charge in [-0.3, -0.25) is 4.79 Å². The highest BCUT2D eigenvalue weighted by molar-refractivity contribution is 6.03. The Morgan fingerprint density at radius 2 is 2.22 bits per heavy atom. The predicted octanol–water partition coefficient (Wildman–Crippen LogP) is 1.88. The van der Waals surface area contributed by atoms with Crippen molar-refractivity contribution in [1.29, 1.82) is 0 Å². The molecule has 1 aliphatic heterocycles. The molecule has 0 bridgehead atoms. The van der Waals surface area contributed by atoms with Crippen LogP contribution in [0.15, 0.2) is 53.5 Å². The van der Waals surface area contributed by atoms with Crippen LogP contribution in [0.3, 0.4) is 0 Å². The van der Waals surface area contributed by atoms with Gasteiger partial charge in [0.1, 0.15) is 12.3 Å². The summed E-state index contributed by atoms with van der Waals surface area (Å²) in [5.74, 6) is 0.784. The maximum absolute atomic E-state index is 12.8. The van der Waals surface area contributed by atoms with Gasteiger partial charge in [-0.2, -0.15) is 5.10 Å². The molecule has 1 aromatic carbocycles. The van der Waals surface area contributed by atoms with Crippen molar-refractivity contribution >= 4 is 22.4 Å². The Balaban J connectivity index is 1.76. The lowest BCUT2D eigenvalue weighted by Crippen LogP contribution is -2.55. The molecule has 0 aliphatic carbocycles. The molecular formula is C17H16N4O2. The molecule has 1 fully saturated rings. The number of carbonyl (C=O) groups is 1. The van der Waals surface area contributed by atoms with Crippen LogP contribution in [0.5, 0.6) is 0 Å². The third-order valence-corrected chi connectivity index (χ3v) is 4.17. The molecule has 0 radical (unpaired) electrons. The Morgan fingerprint density at radius 1 is 1.30 bits per heavy atom. The van der Waals surface area contributed by atoms with E-state index in [0.717, 1.165) is 23.1 Å². The summed E-state index contributed by atoms with van der Waals surface area (Å²) in [6.45, 7) is 2.09. The maximum atomic E-state index is 12.8. The lowest BCUT2D eigenvalue weighted by atomic mass is 10.0. The fourth-order valence-corrected chi connectivity index (χ4v) is 3.01. The number of aromatic nitrogens is 2. The maximum Gasteiger partial charge on any atom is 0.189 e. The third-order valence-electron chi connectivity index (χ3n) is 4.17. The topological polar surface area (TPSA) is 71.3 Å². The normalized spacial score (nSPS) is 18.3. The van der Waals surface area contributed by atoms with Gasteiger partial charge >= 0.3 is 0 Å². The largest absolute Gasteiger partial charge is 0.472 e. The molecule has 1 aliphatic rings. The molecule has 6 heteroatoms. The molecular weight excluding hydrogens is 292 g/mol. The van der Waals surface area contributed by atoms with E-state index in [1.165, 1.54) is 12.5 Å². The van der Waals surface area contributed by atoms with Crippen molar-refractivity contribution < 1.29 is 9.21 Å². The Kier molecular flexibility index (Phi) is 3.51. The molecule has 0 saturated carbocycles. The highest BCUT2D eigenvalue weighted by Gasteiger charge is 2.31. The van der Waals surface area contributed by atoms with E-state index < -0.39 is 0 Å². The summed E-state index contributed by atoms with van der Waals surface area (Å²) in [6, 6.07) is 9.34. The first-order chi connectivity index (χ1) is 11.3. The number of carbonyl (C=O) groups excluding carboxylic acids is 1. The number of hydrogen-bond acceptors (Lipinski definition) is 6. The minimum absolute atomic E-state index is 0.0284. The minimum atomic E-state index is -0.318. The van der Waals surface area contributed by atoms with Gasteiger partial charge < -0.3 is 14.6 Å². The second kappa shape index (κ2) is 5.81. The van der Waals surface area contributed by atoms with Gasteiger partial charge in [-0.05, 0) is 6.07 Å². The number of anilines is 1. The lowest BCUT2D eigenvalue weighted by molar-refractivity contribution is 0.0950. The number of nitrogens with zero attached hydrogens (tertiary/aromatic N) is 3. The van der Waals surface area contributed by atoms with Gasteiger partial charge in [0.25, 0.3) is 0 Å². The van der Waals surface area contributed by atoms with Crippen LogP contribution in [0, 0.1) is 0 Å². The van der Waals surface area contributed by atoms with E-state index in [4.69, 9.17) is 4.42 Å².